The highest BCUT2D eigenvalue weighted by Crippen LogP contribution is 2.16. The molecule has 0 aliphatic heterocycles. The Bertz CT molecular complexity index is 718. The molecule has 2 aromatic heterocycles. The lowest BCUT2D eigenvalue weighted by molar-refractivity contribution is 0.768. The van der Waals surface area contributed by atoms with Crippen molar-refractivity contribution in [3.63, 3.8) is 0 Å². The highest BCUT2D eigenvalue weighted by molar-refractivity contribution is 5.75. The number of aromatic nitrogens is 5. The van der Waals surface area contributed by atoms with Crippen LogP contribution in [-0.4, -0.2) is 25.0 Å². The minimum Gasteiger partial charge on any atom is -0.384 e. The second kappa shape index (κ2) is 4.64. The number of hydrogen-bond acceptors (Lipinski definition) is 5. The number of benzene rings is 1. The third-order valence-electron chi connectivity index (χ3n) is 2.82. The van der Waals surface area contributed by atoms with Crippen LogP contribution in [0.15, 0.2) is 30.3 Å². The summed E-state index contributed by atoms with van der Waals surface area (Å²) >= 11 is 0. The molecule has 0 atom stereocenters. The Hall–Kier alpha value is -2.50. The third kappa shape index (κ3) is 2.12. The molecule has 0 radical (unpaired) electrons. The van der Waals surface area contributed by atoms with Gasteiger partial charge in [-0.15, -0.1) is 5.10 Å². The van der Waals surface area contributed by atoms with Gasteiger partial charge in [0.05, 0.1) is 5.52 Å². The van der Waals surface area contributed by atoms with Gasteiger partial charge in [0.25, 0.3) is 0 Å². The Balaban J connectivity index is 2.15. The average molecular weight is 254 g/mol. The van der Waals surface area contributed by atoms with Gasteiger partial charge in [-0.3, -0.25) is 0 Å². The summed E-state index contributed by atoms with van der Waals surface area (Å²) in [4.78, 5) is 8.70. The van der Waals surface area contributed by atoms with Crippen LogP contribution in [0.1, 0.15) is 19.2 Å². The van der Waals surface area contributed by atoms with Crippen LogP contribution in [0.25, 0.3) is 16.9 Å². The van der Waals surface area contributed by atoms with E-state index in [1.54, 1.807) is 10.7 Å². The minimum atomic E-state index is 0.452. The van der Waals surface area contributed by atoms with Gasteiger partial charge in [0, 0.05) is 12.5 Å². The van der Waals surface area contributed by atoms with Gasteiger partial charge in [0.15, 0.2) is 5.82 Å². The van der Waals surface area contributed by atoms with Crippen LogP contribution < -0.4 is 5.73 Å². The van der Waals surface area contributed by atoms with E-state index in [-0.39, 0.29) is 0 Å². The number of rotatable bonds is 3. The van der Waals surface area contributed by atoms with Crippen molar-refractivity contribution < 1.29 is 0 Å². The molecule has 6 nitrogen and oxygen atoms in total. The van der Waals surface area contributed by atoms with Gasteiger partial charge in [0.1, 0.15) is 17.2 Å². The Labute approximate surface area is 110 Å². The van der Waals surface area contributed by atoms with Crippen molar-refractivity contribution in [1.82, 2.24) is 25.0 Å². The van der Waals surface area contributed by atoms with Crippen molar-refractivity contribution in [2.75, 3.05) is 5.73 Å². The van der Waals surface area contributed by atoms with Crippen LogP contribution in [-0.2, 0) is 6.42 Å². The average Bonchev–Trinajstić information content (AvgIpc) is 2.82. The van der Waals surface area contributed by atoms with Crippen molar-refractivity contribution >= 4 is 16.9 Å². The van der Waals surface area contributed by atoms with Crippen LogP contribution in [0.2, 0.25) is 0 Å². The van der Waals surface area contributed by atoms with Crippen LogP contribution in [0.5, 0.6) is 0 Å². The lowest BCUT2D eigenvalue weighted by Crippen LogP contribution is -2.06. The van der Waals surface area contributed by atoms with Gasteiger partial charge in [-0.1, -0.05) is 24.3 Å². The number of fused-ring (bicyclic) bond motifs is 1. The van der Waals surface area contributed by atoms with Crippen LogP contribution >= 0.6 is 0 Å². The Kier molecular flexibility index (Phi) is 2.83. The quantitative estimate of drug-likeness (QED) is 0.769. The van der Waals surface area contributed by atoms with E-state index in [1.807, 2.05) is 24.3 Å². The molecule has 0 bridgehead atoms. The first-order chi connectivity index (χ1) is 9.28. The topological polar surface area (TPSA) is 82.5 Å². The summed E-state index contributed by atoms with van der Waals surface area (Å²) < 4.78 is 1.69. The second-order valence-electron chi connectivity index (χ2n) is 4.31. The summed E-state index contributed by atoms with van der Waals surface area (Å²) in [6.07, 6.45) is 1.77. The first-order valence-electron chi connectivity index (χ1n) is 6.22. The Morgan fingerprint density at radius 3 is 2.89 bits per heavy atom. The number of para-hydroxylation sites is 1. The molecule has 6 heteroatoms. The van der Waals surface area contributed by atoms with Crippen molar-refractivity contribution in [1.29, 1.82) is 0 Å². The maximum atomic E-state index is 5.83. The molecule has 3 rings (SSSR count). The molecule has 2 N–H and O–H groups in total. The molecule has 0 saturated heterocycles. The number of nitrogens with zero attached hydrogens (tertiary/aromatic N) is 5. The molecular weight excluding hydrogens is 240 g/mol. The molecule has 2 heterocycles. The van der Waals surface area contributed by atoms with Gasteiger partial charge >= 0.3 is 0 Å². The molecule has 0 aliphatic carbocycles. The molecule has 19 heavy (non-hydrogen) atoms. The van der Waals surface area contributed by atoms with E-state index in [1.165, 1.54) is 0 Å². The highest BCUT2D eigenvalue weighted by atomic mass is 15.4. The van der Waals surface area contributed by atoms with E-state index in [4.69, 9.17) is 5.73 Å². The van der Waals surface area contributed by atoms with Gasteiger partial charge < -0.3 is 5.73 Å². The Morgan fingerprint density at radius 2 is 2.05 bits per heavy atom. The van der Waals surface area contributed by atoms with Crippen molar-refractivity contribution in [2.45, 2.75) is 19.8 Å². The van der Waals surface area contributed by atoms with E-state index >= 15 is 0 Å². The molecule has 3 aromatic rings. The standard InChI is InChI=1S/C13H14N6/c1-2-5-12-15-11(14)8-13(16-12)19-10-7-4-3-6-9(10)17-18-19/h3-4,6-8H,2,5H2,1H3,(H2,14,15,16). The molecule has 0 unspecified atom stereocenters. The zero-order valence-corrected chi connectivity index (χ0v) is 10.6. The largest absolute Gasteiger partial charge is 0.384 e. The molecule has 0 spiro atoms. The maximum absolute atomic E-state index is 5.83. The predicted molar refractivity (Wildman–Crippen MR) is 72.9 cm³/mol. The zero-order chi connectivity index (χ0) is 13.2. The van der Waals surface area contributed by atoms with Gasteiger partial charge in [-0.2, -0.15) is 4.68 Å². The SMILES string of the molecule is CCCc1nc(N)cc(-n2nnc3ccccc32)n1. The third-order valence-corrected chi connectivity index (χ3v) is 2.82. The number of anilines is 1. The number of aryl methyl sites for hydroxylation is 1. The molecule has 0 fully saturated rings. The van der Waals surface area contributed by atoms with Gasteiger partial charge in [-0.05, 0) is 18.6 Å². The van der Waals surface area contributed by atoms with Crippen molar-refractivity contribution in [3.05, 3.63) is 36.2 Å². The zero-order valence-electron chi connectivity index (χ0n) is 10.6. The number of nitrogen functional groups attached to an aromatic ring is 1. The number of hydrogen-bond donors (Lipinski definition) is 1. The van der Waals surface area contributed by atoms with Crippen LogP contribution in [0, 0.1) is 0 Å². The van der Waals surface area contributed by atoms with Crippen LogP contribution in [0.4, 0.5) is 5.82 Å². The maximum Gasteiger partial charge on any atom is 0.161 e. The van der Waals surface area contributed by atoms with Crippen molar-refractivity contribution in [2.24, 2.45) is 0 Å². The summed E-state index contributed by atoms with van der Waals surface area (Å²) in [6.45, 7) is 2.08. The minimum absolute atomic E-state index is 0.452. The van der Waals surface area contributed by atoms with E-state index in [0.29, 0.717) is 11.6 Å². The lowest BCUT2D eigenvalue weighted by atomic mass is 10.3. The summed E-state index contributed by atoms with van der Waals surface area (Å²) in [5.74, 6) is 1.84. The van der Waals surface area contributed by atoms with E-state index < -0.39 is 0 Å². The predicted octanol–water partition coefficient (Wildman–Crippen LogP) is 1.75. The summed E-state index contributed by atoms with van der Waals surface area (Å²) in [6, 6.07) is 9.45. The summed E-state index contributed by atoms with van der Waals surface area (Å²) in [5.41, 5.74) is 7.56. The molecular formula is C13H14N6. The monoisotopic (exact) mass is 254 g/mol. The van der Waals surface area contributed by atoms with E-state index in [9.17, 15) is 0 Å². The van der Waals surface area contributed by atoms with Gasteiger partial charge in [0.2, 0.25) is 0 Å². The first-order valence-corrected chi connectivity index (χ1v) is 6.22. The lowest BCUT2D eigenvalue weighted by Gasteiger charge is -2.05. The normalized spacial score (nSPS) is 11.0. The van der Waals surface area contributed by atoms with Gasteiger partial charge in [-0.25, -0.2) is 9.97 Å². The second-order valence-corrected chi connectivity index (χ2v) is 4.31. The van der Waals surface area contributed by atoms with Crippen LogP contribution in [0.3, 0.4) is 0 Å². The smallest absolute Gasteiger partial charge is 0.161 e. The fourth-order valence-corrected chi connectivity index (χ4v) is 1.99. The molecule has 96 valence electrons. The first kappa shape index (κ1) is 11.6. The fourth-order valence-electron chi connectivity index (χ4n) is 1.99. The van der Waals surface area contributed by atoms with E-state index in [0.717, 1.165) is 29.7 Å². The number of nitrogens with two attached hydrogens (primary N) is 1. The molecule has 0 amide bonds. The molecule has 1 aromatic carbocycles. The van der Waals surface area contributed by atoms with E-state index in [2.05, 4.69) is 27.2 Å². The fraction of sp³-hybridized carbons (Fsp3) is 0.231. The summed E-state index contributed by atoms with van der Waals surface area (Å²) in [5, 5.41) is 8.24. The summed E-state index contributed by atoms with van der Waals surface area (Å²) in [7, 11) is 0. The molecule has 0 aliphatic rings. The molecule has 0 saturated carbocycles. The highest BCUT2D eigenvalue weighted by Gasteiger charge is 2.09. The van der Waals surface area contributed by atoms with Crippen molar-refractivity contribution in [3.8, 4) is 5.82 Å². The Morgan fingerprint density at radius 1 is 1.21 bits per heavy atom.